The Balaban J connectivity index is 1.74. The largest absolute Gasteiger partial charge is 0.444 e. The van der Waals surface area contributed by atoms with Gasteiger partial charge in [-0.25, -0.2) is 4.79 Å². The van der Waals surface area contributed by atoms with Gasteiger partial charge >= 0.3 is 6.09 Å². The molecule has 0 atom stereocenters. The Morgan fingerprint density at radius 3 is 2.61 bits per heavy atom. The molecule has 2 fully saturated rings. The van der Waals surface area contributed by atoms with Gasteiger partial charge in [-0.2, -0.15) is 0 Å². The highest BCUT2D eigenvalue weighted by molar-refractivity contribution is 5.69. The molecule has 0 bridgehead atoms. The maximum Gasteiger partial charge on any atom is 0.410 e. The third-order valence-electron chi connectivity index (χ3n) is 3.41. The molecule has 2 aliphatic heterocycles. The van der Waals surface area contributed by atoms with E-state index in [9.17, 15) is 4.79 Å². The van der Waals surface area contributed by atoms with E-state index in [0.717, 1.165) is 39.3 Å². The minimum absolute atomic E-state index is 0.174. The SMILES string of the molecule is CC(C)(C)OC(=O)N1CC(N2CCCNCC2)C1. The normalized spacial score (nSPS) is 23.4. The molecule has 5 nitrogen and oxygen atoms in total. The summed E-state index contributed by atoms with van der Waals surface area (Å²) in [6, 6.07) is 0.525. The Kier molecular flexibility index (Phi) is 4.12. The van der Waals surface area contributed by atoms with Gasteiger partial charge in [0.25, 0.3) is 0 Å². The van der Waals surface area contributed by atoms with E-state index in [-0.39, 0.29) is 6.09 Å². The maximum absolute atomic E-state index is 11.8. The minimum atomic E-state index is -0.394. The van der Waals surface area contributed by atoms with Gasteiger partial charge in [-0.3, -0.25) is 4.90 Å². The molecule has 2 saturated heterocycles. The zero-order valence-electron chi connectivity index (χ0n) is 11.7. The molecule has 0 saturated carbocycles. The Morgan fingerprint density at radius 2 is 1.94 bits per heavy atom. The summed E-state index contributed by atoms with van der Waals surface area (Å²) in [6.45, 7) is 11.7. The molecule has 1 N–H and O–H groups in total. The van der Waals surface area contributed by atoms with Gasteiger partial charge in [0.15, 0.2) is 0 Å². The first-order chi connectivity index (χ1) is 8.46. The van der Waals surface area contributed by atoms with Crippen molar-refractivity contribution in [2.75, 3.05) is 39.3 Å². The molecule has 0 radical (unpaired) electrons. The first kappa shape index (κ1) is 13.6. The second kappa shape index (κ2) is 5.45. The van der Waals surface area contributed by atoms with Crippen LogP contribution in [0.3, 0.4) is 0 Å². The molecular formula is C13H25N3O2. The van der Waals surface area contributed by atoms with Crippen LogP contribution in [0.5, 0.6) is 0 Å². The third-order valence-corrected chi connectivity index (χ3v) is 3.41. The van der Waals surface area contributed by atoms with E-state index in [4.69, 9.17) is 4.74 Å². The highest BCUT2D eigenvalue weighted by atomic mass is 16.6. The number of rotatable bonds is 1. The van der Waals surface area contributed by atoms with Crippen molar-refractivity contribution in [3.8, 4) is 0 Å². The molecule has 18 heavy (non-hydrogen) atoms. The number of likely N-dealkylation sites (tertiary alicyclic amines) is 1. The van der Waals surface area contributed by atoms with Crippen molar-refractivity contribution in [2.45, 2.75) is 38.8 Å². The van der Waals surface area contributed by atoms with Crippen molar-refractivity contribution >= 4 is 6.09 Å². The fourth-order valence-corrected chi connectivity index (χ4v) is 2.39. The summed E-state index contributed by atoms with van der Waals surface area (Å²) in [5.74, 6) is 0. The summed E-state index contributed by atoms with van der Waals surface area (Å²) < 4.78 is 5.36. The van der Waals surface area contributed by atoms with Crippen LogP contribution in [-0.2, 0) is 4.74 Å². The molecule has 1 amide bonds. The van der Waals surface area contributed by atoms with Gasteiger partial charge in [-0.15, -0.1) is 0 Å². The minimum Gasteiger partial charge on any atom is -0.444 e. The molecule has 2 rings (SSSR count). The summed E-state index contributed by atoms with van der Waals surface area (Å²) in [5.41, 5.74) is -0.394. The molecular weight excluding hydrogens is 230 g/mol. The van der Waals surface area contributed by atoms with Crippen LogP contribution in [0.15, 0.2) is 0 Å². The standard InChI is InChI=1S/C13H25N3O2/c1-13(2,3)18-12(17)16-9-11(10-16)15-7-4-5-14-6-8-15/h11,14H,4-10H2,1-3H3. The summed E-state index contributed by atoms with van der Waals surface area (Å²) in [4.78, 5) is 16.1. The van der Waals surface area contributed by atoms with Crippen LogP contribution in [0.2, 0.25) is 0 Å². The van der Waals surface area contributed by atoms with Gasteiger partial charge in [0.2, 0.25) is 0 Å². The zero-order valence-corrected chi connectivity index (χ0v) is 11.7. The van der Waals surface area contributed by atoms with Crippen LogP contribution < -0.4 is 5.32 Å². The maximum atomic E-state index is 11.8. The van der Waals surface area contributed by atoms with Crippen molar-refractivity contribution in [3.63, 3.8) is 0 Å². The summed E-state index contributed by atoms with van der Waals surface area (Å²) in [7, 11) is 0. The van der Waals surface area contributed by atoms with E-state index in [2.05, 4.69) is 10.2 Å². The predicted molar refractivity (Wildman–Crippen MR) is 70.7 cm³/mol. The van der Waals surface area contributed by atoms with Crippen molar-refractivity contribution < 1.29 is 9.53 Å². The van der Waals surface area contributed by atoms with E-state index in [0.29, 0.717) is 6.04 Å². The summed E-state index contributed by atoms with van der Waals surface area (Å²) in [5, 5.41) is 3.40. The Bertz CT molecular complexity index is 287. The highest BCUT2D eigenvalue weighted by Crippen LogP contribution is 2.19. The number of carbonyl (C=O) groups is 1. The Labute approximate surface area is 109 Å². The van der Waals surface area contributed by atoms with E-state index in [1.165, 1.54) is 6.42 Å². The molecule has 0 aliphatic carbocycles. The van der Waals surface area contributed by atoms with Gasteiger partial charge in [-0.05, 0) is 40.3 Å². The molecule has 0 aromatic carbocycles. The fraction of sp³-hybridized carbons (Fsp3) is 0.923. The van der Waals surface area contributed by atoms with Crippen LogP contribution in [0.25, 0.3) is 0 Å². The summed E-state index contributed by atoms with van der Waals surface area (Å²) in [6.07, 6.45) is 1.02. The third kappa shape index (κ3) is 3.59. The first-order valence-electron chi connectivity index (χ1n) is 6.88. The lowest BCUT2D eigenvalue weighted by molar-refractivity contribution is -0.0142. The van der Waals surface area contributed by atoms with Gasteiger partial charge < -0.3 is 15.0 Å². The Morgan fingerprint density at radius 1 is 1.22 bits per heavy atom. The topological polar surface area (TPSA) is 44.8 Å². The number of hydrogen-bond donors (Lipinski definition) is 1. The fourth-order valence-electron chi connectivity index (χ4n) is 2.39. The number of carbonyl (C=O) groups excluding carboxylic acids is 1. The van der Waals surface area contributed by atoms with Gasteiger partial charge in [0.05, 0.1) is 0 Å². The van der Waals surface area contributed by atoms with Crippen LogP contribution in [0.1, 0.15) is 27.2 Å². The summed E-state index contributed by atoms with van der Waals surface area (Å²) >= 11 is 0. The number of hydrogen-bond acceptors (Lipinski definition) is 4. The number of ether oxygens (including phenoxy) is 1. The van der Waals surface area contributed by atoms with E-state index >= 15 is 0 Å². The van der Waals surface area contributed by atoms with Gasteiger partial charge in [0, 0.05) is 32.2 Å². The van der Waals surface area contributed by atoms with Gasteiger partial charge in [-0.1, -0.05) is 0 Å². The molecule has 0 spiro atoms. The molecule has 2 aliphatic rings. The van der Waals surface area contributed by atoms with Crippen LogP contribution in [0.4, 0.5) is 4.79 Å². The molecule has 104 valence electrons. The van der Waals surface area contributed by atoms with Crippen LogP contribution in [0, 0.1) is 0 Å². The first-order valence-corrected chi connectivity index (χ1v) is 6.88. The van der Waals surface area contributed by atoms with Crippen LogP contribution in [-0.4, -0.2) is 66.8 Å². The second-order valence-corrected chi connectivity index (χ2v) is 6.18. The molecule has 0 unspecified atom stereocenters. The quantitative estimate of drug-likeness (QED) is 0.756. The zero-order chi connectivity index (χ0) is 13.2. The number of nitrogens with one attached hydrogen (secondary N) is 1. The van der Waals surface area contributed by atoms with Crippen molar-refractivity contribution in [3.05, 3.63) is 0 Å². The lowest BCUT2D eigenvalue weighted by atomic mass is 10.1. The van der Waals surface area contributed by atoms with Gasteiger partial charge in [0.1, 0.15) is 5.60 Å². The predicted octanol–water partition coefficient (Wildman–Crippen LogP) is 0.901. The molecule has 0 aromatic rings. The van der Waals surface area contributed by atoms with E-state index < -0.39 is 5.60 Å². The lowest BCUT2D eigenvalue weighted by Gasteiger charge is -2.45. The number of nitrogens with zero attached hydrogens (tertiary/aromatic N) is 2. The lowest BCUT2D eigenvalue weighted by Crippen LogP contribution is -2.62. The van der Waals surface area contributed by atoms with Crippen molar-refractivity contribution in [1.29, 1.82) is 0 Å². The van der Waals surface area contributed by atoms with E-state index in [1.807, 2.05) is 20.8 Å². The smallest absolute Gasteiger partial charge is 0.410 e. The van der Waals surface area contributed by atoms with Crippen molar-refractivity contribution in [2.24, 2.45) is 0 Å². The molecule has 0 aromatic heterocycles. The van der Waals surface area contributed by atoms with Crippen LogP contribution >= 0.6 is 0 Å². The highest BCUT2D eigenvalue weighted by Gasteiger charge is 2.36. The molecule has 2 heterocycles. The Hall–Kier alpha value is -0.810. The van der Waals surface area contributed by atoms with E-state index in [1.54, 1.807) is 4.90 Å². The average molecular weight is 255 g/mol. The van der Waals surface area contributed by atoms with Crippen molar-refractivity contribution in [1.82, 2.24) is 15.1 Å². The average Bonchev–Trinajstić information content (AvgIpc) is 2.41. The number of amides is 1. The second-order valence-electron chi connectivity index (χ2n) is 6.18. The molecule has 5 heteroatoms. The monoisotopic (exact) mass is 255 g/mol.